The molecule has 0 radical (unpaired) electrons. The van der Waals surface area contributed by atoms with Crippen LogP contribution in [0.15, 0.2) is 91.0 Å². The highest BCUT2D eigenvalue weighted by atomic mass is 16.2. The number of urea groups is 1. The zero-order valence-corrected chi connectivity index (χ0v) is 14.8. The highest BCUT2D eigenvalue weighted by molar-refractivity contribution is 5.89. The average molecular weight is 344 g/mol. The van der Waals surface area contributed by atoms with Gasteiger partial charge in [-0.15, -0.1) is 0 Å². The average Bonchev–Trinajstić information content (AvgIpc) is 2.70. The van der Waals surface area contributed by atoms with Crippen LogP contribution in [0.25, 0.3) is 0 Å². The lowest BCUT2D eigenvalue weighted by molar-refractivity contribution is 0.213. The number of carbonyl (C=O) groups is 1. The highest BCUT2D eigenvalue weighted by Gasteiger charge is 2.13. The standard InChI is InChI=1S/C23H24N2O/c26-23(24-22-14-8-3-9-15-22)25(18-16-20-10-4-1-5-11-20)19-17-21-12-6-2-7-13-21/h1-15H,16-19H2,(H,24,26). The number of benzene rings is 3. The van der Waals surface area contributed by atoms with Crippen molar-refractivity contribution in [2.75, 3.05) is 18.4 Å². The van der Waals surface area contributed by atoms with Gasteiger partial charge in [0.15, 0.2) is 0 Å². The van der Waals surface area contributed by atoms with Crippen LogP contribution in [0.5, 0.6) is 0 Å². The number of para-hydroxylation sites is 1. The number of nitrogens with one attached hydrogen (secondary N) is 1. The predicted octanol–water partition coefficient (Wildman–Crippen LogP) is 5.01. The third-order valence-electron chi connectivity index (χ3n) is 4.34. The molecule has 0 aromatic heterocycles. The van der Waals surface area contributed by atoms with Gasteiger partial charge in [0.05, 0.1) is 0 Å². The first kappa shape index (κ1) is 17.7. The minimum absolute atomic E-state index is 0.0527. The summed E-state index contributed by atoms with van der Waals surface area (Å²) in [6, 6.07) is 30.1. The van der Waals surface area contributed by atoms with Crippen molar-refractivity contribution in [1.29, 1.82) is 0 Å². The van der Waals surface area contributed by atoms with Crippen molar-refractivity contribution in [1.82, 2.24) is 4.90 Å². The zero-order chi connectivity index (χ0) is 18.0. The van der Waals surface area contributed by atoms with Crippen molar-refractivity contribution in [3.63, 3.8) is 0 Å². The van der Waals surface area contributed by atoms with Crippen LogP contribution in [0.2, 0.25) is 0 Å². The second-order valence-corrected chi connectivity index (χ2v) is 6.25. The largest absolute Gasteiger partial charge is 0.324 e. The summed E-state index contributed by atoms with van der Waals surface area (Å²) in [4.78, 5) is 14.7. The quantitative estimate of drug-likeness (QED) is 0.642. The molecular formula is C23H24N2O. The summed E-state index contributed by atoms with van der Waals surface area (Å²) >= 11 is 0. The lowest BCUT2D eigenvalue weighted by Gasteiger charge is -2.23. The number of carbonyl (C=O) groups excluding carboxylic acids is 1. The van der Waals surface area contributed by atoms with Crippen molar-refractivity contribution in [3.8, 4) is 0 Å². The summed E-state index contributed by atoms with van der Waals surface area (Å²) < 4.78 is 0. The number of amides is 2. The molecule has 3 nitrogen and oxygen atoms in total. The van der Waals surface area contributed by atoms with Crippen LogP contribution in [0.1, 0.15) is 11.1 Å². The van der Waals surface area contributed by atoms with E-state index in [1.54, 1.807) is 0 Å². The Bertz CT molecular complexity index is 745. The molecule has 0 saturated heterocycles. The number of hydrogen-bond donors (Lipinski definition) is 1. The van der Waals surface area contributed by atoms with Gasteiger partial charge in [-0.05, 0) is 36.1 Å². The Hall–Kier alpha value is -3.07. The monoisotopic (exact) mass is 344 g/mol. The van der Waals surface area contributed by atoms with Crippen LogP contribution in [-0.2, 0) is 12.8 Å². The van der Waals surface area contributed by atoms with Crippen molar-refractivity contribution >= 4 is 11.7 Å². The van der Waals surface area contributed by atoms with E-state index in [9.17, 15) is 4.79 Å². The minimum Gasteiger partial charge on any atom is -0.324 e. The number of nitrogens with zero attached hydrogens (tertiary/aromatic N) is 1. The van der Waals surface area contributed by atoms with Gasteiger partial charge >= 0.3 is 6.03 Å². The van der Waals surface area contributed by atoms with E-state index in [0.717, 1.165) is 18.5 Å². The molecule has 1 N–H and O–H groups in total. The van der Waals surface area contributed by atoms with Gasteiger partial charge in [0.1, 0.15) is 0 Å². The van der Waals surface area contributed by atoms with E-state index in [-0.39, 0.29) is 6.03 Å². The maximum absolute atomic E-state index is 12.8. The molecule has 0 aliphatic heterocycles. The Morgan fingerprint density at radius 1 is 0.654 bits per heavy atom. The second-order valence-electron chi connectivity index (χ2n) is 6.25. The molecule has 132 valence electrons. The van der Waals surface area contributed by atoms with Gasteiger partial charge in [-0.1, -0.05) is 78.9 Å². The number of hydrogen-bond acceptors (Lipinski definition) is 1. The molecule has 0 unspecified atom stereocenters. The van der Waals surface area contributed by atoms with Gasteiger partial charge in [0.2, 0.25) is 0 Å². The van der Waals surface area contributed by atoms with Gasteiger partial charge in [-0.2, -0.15) is 0 Å². The first-order valence-corrected chi connectivity index (χ1v) is 9.00. The third kappa shape index (κ3) is 5.49. The van der Waals surface area contributed by atoms with Crippen molar-refractivity contribution in [2.24, 2.45) is 0 Å². The molecule has 0 saturated carbocycles. The van der Waals surface area contributed by atoms with Crippen LogP contribution < -0.4 is 5.32 Å². The second kappa shape index (κ2) is 9.42. The van der Waals surface area contributed by atoms with Gasteiger partial charge in [-0.3, -0.25) is 0 Å². The molecule has 0 spiro atoms. The van der Waals surface area contributed by atoms with E-state index in [0.29, 0.717) is 13.1 Å². The fraction of sp³-hybridized carbons (Fsp3) is 0.174. The molecule has 2 amide bonds. The molecule has 0 aliphatic carbocycles. The van der Waals surface area contributed by atoms with Crippen LogP contribution in [0.3, 0.4) is 0 Å². The summed E-state index contributed by atoms with van der Waals surface area (Å²) in [5, 5.41) is 3.00. The zero-order valence-electron chi connectivity index (χ0n) is 14.8. The summed E-state index contributed by atoms with van der Waals surface area (Å²) in [6.45, 7) is 1.38. The Morgan fingerprint density at radius 3 is 1.54 bits per heavy atom. The van der Waals surface area contributed by atoms with Crippen LogP contribution in [0, 0.1) is 0 Å². The van der Waals surface area contributed by atoms with Gasteiger partial charge in [0, 0.05) is 18.8 Å². The molecule has 0 heterocycles. The van der Waals surface area contributed by atoms with E-state index in [4.69, 9.17) is 0 Å². The normalized spacial score (nSPS) is 10.3. The van der Waals surface area contributed by atoms with E-state index in [1.807, 2.05) is 71.6 Å². The van der Waals surface area contributed by atoms with Gasteiger partial charge in [0.25, 0.3) is 0 Å². The van der Waals surface area contributed by atoms with Crippen LogP contribution in [0.4, 0.5) is 10.5 Å². The summed E-state index contributed by atoms with van der Waals surface area (Å²) in [7, 11) is 0. The maximum atomic E-state index is 12.8. The van der Waals surface area contributed by atoms with Crippen LogP contribution in [-0.4, -0.2) is 24.0 Å². The molecule has 0 aliphatic rings. The summed E-state index contributed by atoms with van der Waals surface area (Å²) in [5.74, 6) is 0. The Labute approximate surface area is 155 Å². The van der Waals surface area contributed by atoms with E-state index >= 15 is 0 Å². The predicted molar refractivity (Wildman–Crippen MR) is 107 cm³/mol. The van der Waals surface area contributed by atoms with E-state index in [1.165, 1.54) is 11.1 Å². The summed E-state index contributed by atoms with van der Waals surface area (Å²) in [6.07, 6.45) is 1.69. The lowest BCUT2D eigenvalue weighted by atomic mass is 10.1. The van der Waals surface area contributed by atoms with Crippen molar-refractivity contribution < 1.29 is 4.79 Å². The Morgan fingerprint density at radius 2 is 1.08 bits per heavy atom. The van der Waals surface area contributed by atoms with E-state index in [2.05, 4.69) is 29.6 Å². The molecule has 3 aromatic rings. The Kier molecular flexibility index (Phi) is 6.43. The van der Waals surface area contributed by atoms with Crippen molar-refractivity contribution in [2.45, 2.75) is 12.8 Å². The molecule has 3 aromatic carbocycles. The third-order valence-corrected chi connectivity index (χ3v) is 4.34. The first-order chi connectivity index (χ1) is 12.8. The fourth-order valence-electron chi connectivity index (χ4n) is 2.86. The Balaban J connectivity index is 1.64. The summed E-state index contributed by atoms with van der Waals surface area (Å²) in [5.41, 5.74) is 3.30. The molecule has 0 fully saturated rings. The van der Waals surface area contributed by atoms with Gasteiger partial charge < -0.3 is 10.2 Å². The minimum atomic E-state index is -0.0527. The topological polar surface area (TPSA) is 32.3 Å². The van der Waals surface area contributed by atoms with Crippen LogP contribution >= 0.6 is 0 Å². The van der Waals surface area contributed by atoms with E-state index < -0.39 is 0 Å². The molecular weight excluding hydrogens is 320 g/mol. The fourth-order valence-corrected chi connectivity index (χ4v) is 2.86. The number of rotatable bonds is 7. The highest BCUT2D eigenvalue weighted by Crippen LogP contribution is 2.09. The number of anilines is 1. The molecule has 26 heavy (non-hydrogen) atoms. The lowest BCUT2D eigenvalue weighted by Crippen LogP contribution is -2.38. The first-order valence-electron chi connectivity index (χ1n) is 9.00. The molecule has 0 bridgehead atoms. The smallest absolute Gasteiger partial charge is 0.321 e. The van der Waals surface area contributed by atoms with Crippen molar-refractivity contribution in [3.05, 3.63) is 102 Å². The maximum Gasteiger partial charge on any atom is 0.321 e. The molecule has 3 rings (SSSR count). The molecule has 3 heteroatoms. The molecule has 0 atom stereocenters. The van der Waals surface area contributed by atoms with Gasteiger partial charge in [-0.25, -0.2) is 4.79 Å². The SMILES string of the molecule is O=C(Nc1ccccc1)N(CCc1ccccc1)CCc1ccccc1.